The lowest BCUT2D eigenvalue weighted by molar-refractivity contribution is -0.577. The minimum Gasteiger partial charge on any atom is -0.463 e. The molecule has 5 heterocycles. The van der Waals surface area contributed by atoms with Gasteiger partial charge in [0.2, 0.25) is 5.79 Å². The van der Waals surface area contributed by atoms with Gasteiger partial charge in [-0.15, -0.1) is 0 Å². The molecule has 0 aromatic rings. The first-order chi connectivity index (χ1) is 16.3. The molecule has 194 valence electrons. The van der Waals surface area contributed by atoms with Crippen LogP contribution in [0.15, 0.2) is 0 Å². The molecule has 0 aromatic carbocycles. The number of esters is 1. The molecule has 0 N–H and O–H groups in total. The average molecular weight is 482 g/mol. The zero-order valence-corrected chi connectivity index (χ0v) is 21.3. The summed E-state index contributed by atoms with van der Waals surface area (Å²) >= 11 is 0. The second-order valence-corrected chi connectivity index (χ2v) is 11.6. The number of nitrogens with zero attached hydrogens (tertiary/aromatic N) is 1. The minimum absolute atomic E-state index is 0.120. The van der Waals surface area contributed by atoms with E-state index in [2.05, 4.69) is 18.7 Å². The molecule has 9 atom stereocenters. The van der Waals surface area contributed by atoms with Crippen molar-refractivity contribution >= 4 is 5.97 Å². The Morgan fingerprint density at radius 3 is 2.65 bits per heavy atom. The molecule has 0 aromatic heterocycles. The van der Waals surface area contributed by atoms with Crippen LogP contribution in [0.2, 0.25) is 0 Å². The molecule has 0 amide bonds. The van der Waals surface area contributed by atoms with Gasteiger partial charge >= 0.3 is 5.97 Å². The van der Waals surface area contributed by atoms with Crippen molar-refractivity contribution < 1.29 is 33.5 Å². The van der Waals surface area contributed by atoms with Gasteiger partial charge in [-0.25, -0.2) is 9.78 Å². The fourth-order valence-electron chi connectivity index (χ4n) is 7.12. The zero-order chi connectivity index (χ0) is 23.9. The van der Waals surface area contributed by atoms with E-state index in [9.17, 15) is 4.79 Å². The molecule has 8 heteroatoms. The lowest BCUT2D eigenvalue weighted by atomic mass is 9.58. The lowest BCUT2D eigenvalue weighted by Crippen LogP contribution is -2.70. The number of piperidine rings is 1. The first-order valence-corrected chi connectivity index (χ1v) is 13.5. The molecule has 1 saturated carbocycles. The van der Waals surface area contributed by atoms with Crippen molar-refractivity contribution in [1.82, 2.24) is 4.90 Å². The smallest absolute Gasteiger partial charge is 0.310 e. The van der Waals surface area contributed by atoms with Crippen molar-refractivity contribution in [2.24, 2.45) is 29.6 Å². The Morgan fingerprint density at radius 1 is 1.06 bits per heavy atom. The second kappa shape index (κ2) is 9.94. The van der Waals surface area contributed by atoms with Crippen molar-refractivity contribution in [2.75, 3.05) is 32.8 Å². The Balaban J connectivity index is 1.15. The number of likely N-dealkylation sites (tertiary alicyclic amines) is 1. The Morgan fingerprint density at radius 2 is 1.85 bits per heavy atom. The van der Waals surface area contributed by atoms with Crippen LogP contribution in [0.4, 0.5) is 0 Å². The third kappa shape index (κ3) is 4.55. The van der Waals surface area contributed by atoms with Crippen LogP contribution in [0.3, 0.4) is 0 Å². The van der Waals surface area contributed by atoms with E-state index < -0.39 is 24.0 Å². The van der Waals surface area contributed by atoms with Gasteiger partial charge in [0.1, 0.15) is 6.61 Å². The van der Waals surface area contributed by atoms with Crippen LogP contribution in [0.5, 0.6) is 0 Å². The minimum atomic E-state index is -0.789. The molecule has 1 unspecified atom stereocenters. The summed E-state index contributed by atoms with van der Waals surface area (Å²) in [7, 11) is 0. The maximum Gasteiger partial charge on any atom is 0.310 e. The average Bonchev–Trinajstić information content (AvgIpc) is 3.06. The van der Waals surface area contributed by atoms with Gasteiger partial charge in [0.15, 0.2) is 18.2 Å². The van der Waals surface area contributed by atoms with Crippen LogP contribution in [0, 0.1) is 29.6 Å². The molecule has 6 fully saturated rings. The molecule has 8 nitrogen and oxygen atoms in total. The lowest BCUT2D eigenvalue weighted by Gasteiger charge is -2.60. The van der Waals surface area contributed by atoms with Crippen LogP contribution in [0.25, 0.3) is 0 Å². The van der Waals surface area contributed by atoms with Crippen LogP contribution < -0.4 is 0 Å². The standard InChI is InChI=1S/C26H43NO7/c1-17-8-9-21-19(3)23(31-24-26(21)20(17)10-11-25(4,32-24)33-34-26)30-15-14-29-22(28)18(2)16-27-12-6-5-7-13-27/h17-21,23-24H,5-16H2,1-4H3/t17-,18?,19-,20+,21+,23+,24-,25-,26-/m1/s1. The van der Waals surface area contributed by atoms with E-state index >= 15 is 0 Å². The molecule has 6 rings (SSSR count). The highest BCUT2D eigenvalue weighted by Gasteiger charge is 2.69. The van der Waals surface area contributed by atoms with Crippen LogP contribution >= 0.6 is 0 Å². The van der Waals surface area contributed by atoms with Gasteiger partial charge < -0.3 is 23.8 Å². The summed E-state index contributed by atoms with van der Waals surface area (Å²) in [6.45, 7) is 11.8. The van der Waals surface area contributed by atoms with Gasteiger partial charge in [-0.2, -0.15) is 0 Å². The monoisotopic (exact) mass is 481 g/mol. The van der Waals surface area contributed by atoms with E-state index in [1.807, 2.05) is 13.8 Å². The van der Waals surface area contributed by atoms with Gasteiger partial charge in [0.25, 0.3) is 0 Å². The van der Waals surface area contributed by atoms with Gasteiger partial charge in [-0.3, -0.25) is 4.79 Å². The van der Waals surface area contributed by atoms with E-state index in [0.717, 1.165) is 45.3 Å². The van der Waals surface area contributed by atoms with E-state index in [4.69, 9.17) is 28.7 Å². The van der Waals surface area contributed by atoms with Gasteiger partial charge in [0.05, 0.1) is 12.5 Å². The first-order valence-electron chi connectivity index (χ1n) is 13.5. The largest absolute Gasteiger partial charge is 0.463 e. The topological polar surface area (TPSA) is 75.7 Å². The maximum absolute atomic E-state index is 12.5. The Hall–Kier alpha value is -0.770. The molecular formula is C26H43NO7. The molecule has 1 aliphatic carbocycles. The highest BCUT2D eigenvalue weighted by molar-refractivity contribution is 5.72. The number of carbonyl (C=O) groups is 1. The quantitative estimate of drug-likeness (QED) is 0.308. The predicted octanol–water partition coefficient (Wildman–Crippen LogP) is 3.88. The van der Waals surface area contributed by atoms with E-state index in [1.165, 1.54) is 19.3 Å². The zero-order valence-electron chi connectivity index (χ0n) is 21.3. The number of ether oxygens (including phenoxy) is 4. The third-order valence-electron chi connectivity index (χ3n) is 9.09. The summed E-state index contributed by atoms with van der Waals surface area (Å²) in [5.74, 6) is 0.150. The van der Waals surface area contributed by atoms with Crippen LogP contribution in [0.1, 0.15) is 72.6 Å². The molecule has 5 aliphatic heterocycles. The molecule has 34 heavy (non-hydrogen) atoms. The van der Waals surface area contributed by atoms with Crippen molar-refractivity contribution in [2.45, 2.75) is 96.6 Å². The number of hydrogen-bond donors (Lipinski definition) is 0. The second-order valence-electron chi connectivity index (χ2n) is 11.6. The number of hydrogen-bond acceptors (Lipinski definition) is 8. The highest BCUT2D eigenvalue weighted by atomic mass is 17.3. The Bertz CT molecular complexity index is 730. The summed E-state index contributed by atoms with van der Waals surface area (Å²) < 4.78 is 24.5. The van der Waals surface area contributed by atoms with Crippen molar-refractivity contribution in [3.63, 3.8) is 0 Å². The van der Waals surface area contributed by atoms with Crippen molar-refractivity contribution in [1.29, 1.82) is 0 Å². The van der Waals surface area contributed by atoms with E-state index in [-0.39, 0.29) is 30.3 Å². The number of rotatable bonds is 7. The normalized spacial score (nSPS) is 45.3. The summed E-state index contributed by atoms with van der Waals surface area (Å²) in [4.78, 5) is 26.9. The van der Waals surface area contributed by atoms with E-state index in [0.29, 0.717) is 18.4 Å². The Kier molecular flexibility index (Phi) is 7.28. The summed E-state index contributed by atoms with van der Waals surface area (Å²) in [5, 5.41) is 0. The predicted molar refractivity (Wildman–Crippen MR) is 123 cm³/mol. The summed E-state index contributed by atoms with van der Waals surface area (Å²) in [6, 6.07) is 0. The summed E-state index contributed by atoms with van der Waals surface area (Å²) in [5.41, 5.74) is -0.580. The molecule has 5 saturated heterocycles. The van der Waals surface area contributed by atoms with Crippen LogP contribution in [-0.4, -0.2) is 67.7 Å². The Labute approximate surface area is 203 Å². The SMILES string of the molecule is CC(CN1CCCCC1)C(=O)OCCO[C@H]1O[C@@H]2O[C@@]3(C)CC[C@H]4[C@H](C)CC[C@@H]([C@H]1C)[C@@]24OO3. The van der Waals surface area contributed by atoms with E-state index in [1.54, 1.807) is 0 Å². The van der Waals surface area contributed by atoms with Gasteiger partial charge in [-0.05, 0) is 64.0 Å². The van der Waals surface area contributed by atoms with Gasteiger partial charge in [0, 0.05) is 24.8 Å². The molecule has 0 radical (unpaired) electrons. The number of fused-ring (bicyclic) bond motifs is 2. The molecule has 6 aliphatic rings. The fourth-order valence-corrected chi connectivity index (χ4v) is 7.12. The molecule has 2 bridgehead atoms. The highest BCUT2D eigenvalue weighted by Crippen LogP contribution is 2.60. The van der Waals surface area contributed by atoms with Crippen LogP contribution in [-0.2, 0) is 33.5 Å². The molecule has 1 spiro atoms. The first kappa shape index (κ1) is 24.9. The maximum atomic E-state index is 12.5. The summed E-state index contributed by atoms with van der Waals surface area (Å²) in [6.07, 6.45) is 6.79. The van der Waals surface area contributed by atoms with Gasteiger partial charge in [-0.1, -0.05) is 27.2 Å². The fraction of sp³-hybridized carbons (Fsp3) is 0.962. The third-order valence-corrected chi connectivity index (χ3v) is 9.09. The molecular weight excluding hydrogens is 438 g/mol. The van der Waals surface area contributed by atoms with Crippen molar-refractivity contribution in [3.8, 4) is 0 Å². The van der Waals surface area contributed by atoms with Crippen molar-refractivity contribution in [3.05, 3.63) is 0 Å². The number of carbonyl (C=O) groups excluding carboxylic acids is 1.